The van der Waals surface area contributed by atoms with Gasteiger partial charge in [-0.15, -0.1) is 0 Å². The Bertz CT molecular complexity index is 594. The highest BCUT2D eigenvalue weighted by atomic mass is 19.1. The first kappa shape index (κ1) is 11.4. The van der Waals surface area contributed by atoms with Crippen LogP contribution < -0.4 is 10.6 Å². The van der Waals surface area contributed by atoms with Crippen molar-refractivity contribution >= 4 is 18.0 Å². The van der Waals surface area contributed by atoms with E-state index in [2.05, 4.69) is 4.99 Å². The summed E-state index contributed by atoms with van der Waals surface area (Å²) in [4.78, 5) is 25.8. The molecule has 2 rings (SSSR count). The standard InChI is InChI=1S/C12H10FNO3/c13-9-3-1-7-5-8(2-4-11(15)16)12(17)14-10(7)6-9/h1,3,5-6,8H,2,4H2,(H,15,16). The van der Waals surface area contributed by atoms with E-state index in [1.807, 2.05) is 0 Å². The number of nitrogens with zero attached hydrogens (tertiary/aromatic N) is 1. The fourth-order valence-corrected chi connectivity index (χ4v) is 1.73. The lowest BCUT2D eigenvalue weighted by Gasteiger charge is -2.10. The van der Waals surface area contributed by atoms with Crippen molar-refractivity contribution in [2.75, 3.05) is 0 Å². The van der Waals surface area contributed by atoms with Crippen molar-refractivity contribution in [1.82, 2.24) is 0 Å². The van der Waals surface area contributed by atoms with Gasteiger partial charge in [-0.1, -0.05) is 12.1 Å². The minimum atomic E-state index is -0.948. The molecule has 1 aliphatic rings. The summed E-state index contributed by atoms with van der Waals surface area (Å²) in [7, 11) is 0. The zero-order valence-corrected chi connectivity index (χ0v) is 8.89. The number of fused-ring (bicyclic) bond motifs is 1. The molecule has 1 atom stereocenters. The molecule has 1 aliphatic heterocycles. The van der Waals surface area contributed by atoms with E-state index >= 15 is 0 Å². The molecule has 1 amide bonds. The molecule has 1 heterocycles. The first-order valence-electron chi connectivity index (χ1n) is 5.18. The Hall–Kier alpha value is -2.04. The van der Waals surface area contributed by atoms with Crippen LogP contribution in [0.5, 0.6) is 0 Å². The van der Waals surface area contributed by atoms with Gasteiger partial charge in [-0.05, 0) is 17.7 Å². The largest absolute Gasteiger partial charge is 0.481 e. The average molecular weight is 235 g/mol. The summed E-state index contributed by atoms with van der Waals surface area (Å²) in [6.07, 6.45) is 1.78. The van der Waals surface area contributed by atoms with Gasteiger partial charge in [-0.3, -0.25) is 9.59 Å². The highest BCUT2D eigenvalue weighted by Crippen LogP contribution is 2.11. The number of carbonyl (C=O) groups excluding carboxylic acids is 1. The van der Waals surface area contributed by atoms with E-state index in [0.29, 0.717) is 10.6 Å². The summed E-state index contributed by atoms with van der Waals surface area (Å²) in [5, 5.41) is 9.53. The van der Waals surface area contributed by atoms with Crippen LogP contribution in [0.2, 0.25) is 0 Å². The molecule has 1 unspecified atom stereocenters. The van der Waals surface area contributed by atoms with Crippen LogP contribution in [0.1, 0.15) is 12.8 Å². The van der Waals surface area contributed by atoms with Gasteiger partial charge in [0.25, 0.3) is 5.91 Å². The Kier molecular flexibility index (Phi) is 2.99. The molecular weight excluding hydrogens is 225 g/mol. The fraction of sp³-hybridized carbons (Fsp3) is 0.250. The number of carboxylic acids is 1. The van der Waals surface area contributed by atoms with Crippen molar-refractivity contribution in [3.05, 3.63) is 34.6 Å². The van der Waals surface area contributed by atoms with E-state index in [0.717, 1.165) is 0 Å². The molecule has 0 bridgehead atoms. The first-order valence-corrected chi connectivity index (χ1v) is 5.18. The fourth-order valence-electron chi connectivity index (χ4n) is 1.73. The first-order chi connectivity index (χ1) is 8.06. The van der Waals surface area contributed by atoms with E-state index in [9.17, 15) is 14.0 Å². The van der Waals surface area contributed by atoms with Gasteiger partial charge in [0, 0.05) is 12.5 Å². The summed E-state index contributed by atoms with van der Waals surface area (Å²) in [6.45, 7) is 0. The molecule has 0 saturated carbocycles. The number of carbonyl (C=O) groups is 2. The summed E-state index contributed by atoms with van der Waals surface area (Å²) in [5.41, 5.74) is 0. The molecule has 1 N–H and O–H groups in total. The van der Waals surface area contributed by atoms with Crippen molar-refractivity contribution in [2.24, 2.45) is 10.9 Å². The topological polar surface area (TPSA) is 66.7 Å². The second-order valence-corrected chi connectivity index (χ2v) is 3.86. The van der Waals surface area contributed by atoms with Crippen molar-refractivity contribution in [3.63, 3.8) is 0 Å². The number of aliphatic carboxylic acids is 1. The molecule has 88 valence electrons. The van der Waals surface area contributed by atoms with Gasteiger partial charge < -0.3 is 5.11 Å². The van der Waals surface area contributed by atoms with Gasteiger partial charge in [0.2, 0.25) is 0 Å². The van der Waals surface area contributed by atoms with Crippen LogP contribution in [-0.4, -0.2) is 17.0 Å². The maximum Gasteiger partial charge on any atom is 0.303 e. The van der Waals surface area contributed by atoms with Crippen molar-refractivity contribution in [3.8, 4) is 0 Å². The van der Waals surface area contributed by atoms with Crippen LogP contribution in [0, 0.1) is 11.7 Å². The molecule has 0 saturated heterocycles. The summed E-state index contributed by atoms with van der Waals surface area (Å²) in [6, 6.07) is 4.01. The molecule has 0 radical (unpaired) electrons. The lowest BCUT2D eigenvalue weighted by Crippen LogP contribution is -2.34. The highest BCUT2D eigenvalue weighted by molar-refractivity contribution is 5.86. The van der Waals surface area contributed by atoms with Gasteiger partial charge in [-0.25, -0.2) is 9.38 Å². The predicted octanol–water partition coefficient (Wildman–Crippen LogP) is 0.247. The number of halogens is 1. The zero-order chi connectivity index (χ0) is 12.4. The van der Waals surface area contributed by atoms with E-state index < -0.39 is 23.6 Å². The molecule has 17 heavy (non-hydrogen) atoms. The van der Waals surface area contributed by atoms with Gasteiger partial charge in [0.05, 0.1) is 11.3 Å². The number of hydrogen-bond acceptors (Lipinski definition) is 2. The van der Waals surface area contributed by atoms with E-state index in [4.69, 9.17) is 5.11 Å². The number of amides is 1. The molecule has 0 spiro atoms. The van der Waals surface area contributed by atoms with Gasteiger partial charge >= 0.3 is 5.97 Å². The van der Waals surface area contributed by atoms with Crippen LogP contribution in [-0.2, 0) is 9.59 Å². The highest BCUT2D eigenvalue weighted by Gasteiger charge is 2.19. The summed E-state index contributed by atoms with van der Waals surface area (Å²) < 4.78 is 12.9. The minimum Gasteiger partial charge on any atom is -0.481 e. The molecule has 1 aromatic carbocycles. The third-order valence-corrected chi connectivity index (χ3v) is 2.59. The summed E-state index contributed by atoms with van der Waals surface area (Å²) in [5.74, 6) is -2.33. The Balaban J connectivity index is 2.33. The average Bonchev–Trinajstić information content (AvgIpc) is 2.26. The molecule has 4 nitrogen and oxygen atoms in total. The molecule has 0 aliphatic carbocycles. The number of rotatable bonds is 3. The third-order valence-electron chi connectivity index (χ3n) is 2.59. The van der Waals surface area contributed by atoms with E-state index in [-0.39, 0.29) is 12.8 Å². The molecular formula is C12H10FNO3. The lowest BCUT2D eigenvalue weighted by molar-refractivity contribution is -0.137. The van der Waals surface area contributed by atoms with Gasteiger partial charge in [0.1, 0.15) is 5.82 Å². The molecule has 0 aromatic heterocycles. The second kappa shape index (κ2) is 4.45. The molecule has 1 aromatic rings. The van der Waals surface area contributed by atoms with Crippen LogP contribution in [0.15, 0.2) is 23.2 Å². The Labute approximate surface area is 96.1 Å². The van der Waals surface area contributed by atoms with Crippen molar-refractivity contribution < 1.29 is 19.1 Å². The second-order valence-electron chi connectivity index (χ2n) is 3.86. The number of benzene rings is 1. The summed E-state index contributed by atoms with van der Waals surface area (Å²) >= 11 is 0. The van der Waals surface area contributed by atoms with E-state index in [1.165, 1.54) is 18.2 Å². The van der Waals surface area contributed by atoms with Crippen molar-refractivity contribution in [2.45, 2.75) is 12.8 Å². The van der Waals surface area contributed by atoms with Crippen LogP contribution in [0.25, 0.3) is 6.08 Å². The smallest absolute Gasteiger partial charge is 0.303 e. The third kappa shape index (κ3) is 2.55. The SMILES string of the molecule is O=C(O)CCC1C=c2ccc(F)cc2=NC1=O. The quantitative estimate of drug-likeness (QED) is 0.816. The number of carboxylic acid groups (broad SMARTS) is 1. The Morgan fingerprint density at radius 3 is 2.94 bits per heavy atom. The lowest BCUT2D eigenvalue weighted by atomic mass is 9.98. The monoisotopic (exact) mass is 235 g/mol. The molecule has 5 heteroatoms. The Morgan fingerprint density at radius 2 is 2.24 bits per heavy atom. The maximum atomic E-state index is 12.9. The van der Waals surface area contributed by atoms with Gasteiger partial charge in [0.15, 0.2) is 0 Å². The van der Waals surface area contributed by atoms with Crippen LogP contribution >= 0.6 is 0 Å². The predicted molar refractivity (Wildman–Crippen MR) is 57.0 cm³/mol. The van der Waals surface area contributed by atoms with E-state index in [1.54, 1.807) is 6.08 Å². The maximum absolute atomic E-state index is 12.9. The normalized spacial score (nSPS) is 17.9. The van der Waals surface area contributed by atoms with Crippen LogP contribution in [0.3, 0.4) is 0 Å². The zero-order valence-electron chi connectivity index (χ0n) is 8.89. The Morgan fingerprint density at radius 1 is 1.47 bits per heavy atom. The van der Waals surface area contributed by atoms with Crippen molar-refractivity contribution in [1.29, 1.82) is 0 Å². The number of hydrogen-bond donors (Lipinski definition) is 1. The minimum absolute atomic E-state index is 0.0844. The van der Waals surface area contributed by atoms with Crippen LogP contribution in [0.4, 0.5) is 4.39 Å². The van der Waals surface area contributed by atoms with Gasteiger partial charge in [-0.2, -0.15) is 0 Å². The molecule has 0 fully saturated rings.